The number of ether oxygens (including phenoxy) is 1. The molecule has 0 aliphatic carbocycles. The number of benzene rings is 2. The highest BCUT2D eigenvalue weighted by molar-refractivity contribution is 7.93. The molecule has 25 heavy (non-hydrogen) atoms. The number of H-pyrrole nitrogens is 1. The first-order valence-electron chi connectivity index (χ1n) is 6.93. The summed E-state index contributed by atoms with van der Waals surface area (Å²) in [4.78, 5) is 2.80. The van der Waals surface area contributed by atoms with E-state index in [4.69, 9.17) is 21.6 Å². The Morgan fingerprint density at radius 3 is 2.76 bits per heavy atom. The minimum Gasteiger partial charge on any atom is -0.495 e. The molecule has 9 heteroatoms. The summed E-state index contributed by atoms with van der Waals surface area (Å²) in [6, 6.07) is 8.43. The third-order valence-corrected chi connectivity index (χ3v) is 5.19. The van der Waals surface area contributed by atoms with Gasteiger partial charge in [-0.25, -0.2) is 12.8 Å². The number of aromatic nitrogens is 1. The third kappa shape index (κ3) is 3.12. The molecule has 2 aromatic carbocycles. The van der Waals surface area contributed by atoms with Crippen molar-refractivity contribution in [3.8, 4) is 11.8 Å². The monoisotopic (exact) mass is 379 g/mol. The van der Waals surface area contributed by atoms with Crippen molar-refractivity contribution in [2.75, 3.05) is 11.8 Å². The molecular weight excluding hydrogens is 369 g/mol. The van der Waals surface area contributed by atoms with Gasteiger partial charge in [-0.2, -0.15) is 5.26 Å². The normalized spacial score (nSPS) is 11.3. The number of rotatable bonds is 4. The van der Waals surface area contributed by atoms with Crippen LogP contribution < -0.4 is 9.46 Å². The van der Waals surface area contributed by atoms with Crippen LogP contribution in [0.5, 0.6) is 5.75 Å². The average molecular weight is 380 g/mol. The number of hydrogen-bond donors (Lipinski definition) is 2. The number of sulfonamides is 1. The summed E-state index contributed by atoms with van der Waals surface area (Å²) in [6.07, 6.45) is 1.32. The van der Waals surface area contributed by atoms with E-state index in [1.54, 1.807) is 24.3 Å². The highest BCUT2D eigenvalue weighted by Crippen LogP contribution is 2.32. The number of halogens is 2. The summed E-state index contributed by atoms with van der Waals surface area (Å²) in [5.41, 5.74) is 0.190. The third-order valence-electron chi connectivity index (χ3n) is 3.55. The Hall–Kier alpha value is -2.76. The van der Waals surface area contributed by atoms with Gasteiger partial charge in [0.1, 0.15) is 22.5 Å². The van der Waals surface area contributed by atoms with Crippen molar-refractivity contribution in [1.82, 2.24) is 4.98 Å². The summed E-state index contributed by atoms with van der Waals surface area (Å²) in [5, 5.41) is 9.75. The lowest BCUT2D eigenvalue weighted by atomic mass is 10.2. The van der Waals surface area contributed by atoms with Crippen LogP contribution >= 0.6 is 11.6 Å². The quantitative estimate of drug-likeness (QED) is 0.723. The van der Waals surface area contributed by atoms with Crippen LogP contribution in [-0.4, -0.2) is 20.5 Å². The molecule has 0 unspecified atom stereocenters. The first kappa shape index (κ1) is 17.1. The second kappa shape index (κ2) is 6.27. The van der Waals surface area contributed by atoms with Crippen LogP contribution in [0.2, 0.25) is 5.02 Å². The minimum atomic E-state index is -4.03. The molecule has 2 N–H and O–H groups in total. The summed E-state index contributed by atoms with van der Waals surface area (Å²) in [5.74, 6) is -0.823. The highest BCUT2D eigenvalue weighted by atomic mass is 35.5. The molecule has 3 rings (SSSR count). The van der Waals surface area contributed by atoms with Crippen LogP contribution in [0.15, 0.2) is 41.4 Å². The van der Waals surface area contributed by atoms with Crippen molar-refractivity contribution in [2.24, 2.45) is 0 Å². The minimum absolute atomic E-state index is 0.0222. The molecular formula is C16H11ClFN3O3S. The van der Waals surface area contributed by atoms with E-state index in [0.29, 0.717) is 15.9 Å². The maximum atomic E-state index is 13.8. The van der Waals surface area contributed by atoms with Crippen molar-refractivity contribution < 1.29 is 17.5 Å². The maximum absolute atomic E-state index is 13.8. The largest absolute Gasteiger partial charge is 0.495 e. The zero-order chi connectivity index (χ0) is 18.2. The van der Waals surface area contributed by atoms with Gasteiger partial charge in [0.05, 0.1) is 18.4 Å². The van der Waals surface area contributed by atoms with E-state index in [1.807, 2.05) is 0 Å². The highest BCUT2D eigenvalue weighted by Gasteiger charge is 2.22. The van der Waals surface area contributed by atoms with Gasteiger partial charge in [0.15, 0.2) is 0 Å². The Kier molecular flexibility index (Phi) is 4.29. The standard InChI is InChI=1S/C16H11ClFN3O3S/c1-24-15-4-9(7-19)12(18)6-14(15)21-25(22,23)16-8-20-13-5-10(17)2-3-11(13)16/h2-6,8,20-21H,1H3. The van der Waals surface area contributed by atoms with Crippen LogP contribution in [0.4, 0.5) is 10.1 Å². The van der Waals surface area contributed by atoms with E-state index in [1.165, 1.54) is 13.3 Å². The van der Waals surface area contributed by atoms with Gasteiger partial charge >= 0.3 is 0 Å². The van der Waals surface area contributed by atoms with Gasteiger partial charge in [0.2, 0.25) is 0 Å². The molecule has 0 spiro atoms. The van der Waals surface area contributed by atoms with E-state index in [9.17, 15) is 12.8 Å². The maximum Gasteiger partial charge on any atom is 0.264 e. The van der Waals surface area contributed by atoms with Crippen molar-refractivity contribution in [1.29, 1.82) is 5.26 Å². The van der Waals surface area contributed by atoms with E-state index in [2.05, 4.69) is 9.71 Å². The summed E-state index contributed by atoms with van der Waals surface area (Å²) in [7, 11) is -2.74. The number of aromatic amines is 1. The number of nitriles is 1. The van der Waals surface area contributed by atoms with Gasteiger partial charge < -0.3 is 9.72 Å². The second-order valence-corrected chi connectivity index (χ2v) is 7.18. The van der Waals surface area contributed by atoms with Gasteiger partial charge in [-0.15, -0.1) is 0 Å². The van der Waals surface area contributed by atoms with Crippen LogP contribution in [0.3, 0.4) is 0 Å². The molecule has 0 radical (unpaired) electrons. The van der Waals surface area contributed by atoms with Gasteiger partial charge in [0, 0.05) is 34.3 Å². The summed E-state index contributed by atoms with van der Waals surface area (Å²) in [6.45, 7) is 0. The summed E-state index contributed by atoms with van der Waals surface area (Å²) >= 11 is 5.89. The van der Waals surface area contributed by atoms with Crippen LogP contribution in [-0.2, 0) is 10.0 Å². The molecule has 1 heterocycles. The lowest BCUT2D eigenvalue weighted by molar-refractivity contribution is 0.415. The lowest BCUT2D eigenvalue weighted by Crippen LogP contribution is -2.13. The van der Waals surface area contributed by atoms with Gasteiger partial charge in [-0.1, -0.05) is 11.6 Å². The van der Waals surface area contributed by atoms with Gasteiger partial charge in [-0.3, -0.25) is 4.72 Å². The molecule has 0 saturated carbocycles. The lowest BCUT2D eigenvalue weighted by Gasteiger charge is -2.12. The second-order valence-electron chi connectivity index (χ2n) is 5.09. The average Bonchev–Trinajstić information content (AvgIpc) is 2.98. The van der Waals surface area contributed by atoms with Gasteiger partial charge in [-0.05, 0) is 18.2 Å². The van der Waals surface area contributed by atoms with E-state index in [-0.39, 0.29) is 21.9 Å². The van der Waals surface area contributed by atoms with Crippen molar-refractivity contribution in [3.05, 3.63) is 52.9 Å². The SMILES string of the molecule is COc1cc(C#N)c(F)cc1NS(=O)(=O)c1c[nH]c2cc(Cl)ccc12. The Morgan fingerprint density at radius 2 is 2.08 bits per heavy atom. The number of anilines is 1. The first-order chi connectivity index (χ1) is 11.9. The number of hydrogen-bond acceptors (Lipinski definition) is 4. The molecule has 0 aliphatic heterocycles. The van der Waals surface area contributed by atoms with Crippen molar-refractivity contribution in [3.63, 3.8) is 0 Å². The number of nitrogens with one attached hydrogen (secondary N) is 2. The smallest absolute Gasteiger partial charge is 0.264 e. The molecule has 128 valence electrons. The first-order valence-corrected chi connectivity index (χ1v) is 8.79. The Labute approximate surface area is 147 Å². The molecule has 1 aromatic heterocycles. The number of nitrogens with zero attached hydrogens (tertiary/aromatic N) is 1. The molecule has 0 saturated heterocycles. The molecule has 0 bridgehead atoms. The molecule has 0 amide bonds. The van der Waals surface area contributed by atoms with Crippen LogP contribution in [0, 0.1) is 17.1 Å². The molecule has 3 aromatic rings. The Balaban J connectivity index is 2.07. The van der Waals surface area contributed by atoms with E-state index < -0.39 is 15.8 Å². The molecule has 0 atom stereocenters. The Bertz CT molecular complexity index is 1120. The topological polar surface area (TPSA) is 95.0 Å². The number of methoxy groups -OCH3 is 1. The molecule has 0 fully saturated rings. The van der Waals surface area contributed by atoms with E-state index >= 15 is 0 Å². The zero-order valence-electron chi connectivity index (χ0n) is 12.8. The predicted octanol–water partition coefficient (Wildman–Crippen LogP) is 3.64. The molecule has 6 nitrogen and oxygen atoms in total. The Morgan fingerprint density at radius 1 is 1.32 bits per heavy atom. The fraction of sp³-hybridized carbons (Fsp3) is 0.0625. The van der Waals surface area contributed by atoms with Crippen LogP contribution in [0.1, 0.15) is 5.56 Å². The van der Waals surface area contributed by atoms with Crippen LogP contribution in [0.25, 0.3) is 10.9 Å². The fourth-order valence-corrected chi connectivity index (χ4v) is 3.79. The summed E-state index contributed by atoms with van der Waals surface area (Å²) < 4.78 is 46.5. The van der Waals surface area contributed by atoms with Crippen molar-refractivity contribution in [2.45, 2.75) is 4.90 Å². The number of fused-ring (bicyclic) bond motifs is 1. The fourth-order valence-electron chi connectivity index (χ4n) is 2.38. The van der Waals surface area contributed by atoms with Gasteiger partial charge in [0.25, 0.3) is 10.0 Å². The van der Waals surface area contributed by atoms with E-state index in [0.717, 1.165) is 12.1 Å². The molecule has 0 aliphatic rings. The van der Waals surface area contributed by atoms with Crippen molar-refractivity contribution >= 4 is 38.2 Å². The predicted molar refractivity (Wildman–Crippen MR) is 91.8 cm³/mol. The zero-order valence-corrected chi connectivity index (χ0v) is 14.4.